The molecule has 0 N–H and O–H groups in total. The molecule has 7 heteroatoms. The van der Waals surface area contributed by atoms with Gasteiger partial charge in [-0.1, -0.05) is 18.2 Å². The number of amides is 1. The highest BCUT2D eigenvalue weighted by Gasteiger charge is 2.22. The van der Waals surface area contributed by atoms with Crippen molar-refractivity contribution in [1.82, 2.24) is 15.1 Å². The van der Waals surface area contributed by atoms with E-state index in [0.717, 1.165) is 37.8 Å². The minimum Gasteiger partial charge on any atom is -0.484 e. The van der Waals surface area contributed by atoms with E-state index in [1.807, 2.05) is 47.4 Å². The van der Waals surface area contributed by atoms with Gasteiger partial charge >= 0.3 is 0 Å². The molecule has 1 aromatic heterocycles. The van der Waals surface area contributed by atoms with Crippen molar-refractivity contribution in [3.8, 4) is 5.75 Å². The molecule has 2 aromatic rings. The van der Waals surface area contributed by atoms with Crippen molar-refractivity contribution in [3.63, 3.8) is 0 Å². The molecule has 0 bridgehead atoms. The number of ether oxygens (including phenoxy) is 1. The van der Waals surface area contributed by atoms with Gasteiger partial charge in [-0.2, -0.15) is 0 Å². The lowest BCUT2D eigenvalue weighted by molar-refractivity contribution is -0.133. The molecular formula is C20H27N5O2. The molecule has 0 spiro atoms. The van der Waals surface area contributed by atoms with E-state index < -0.39 is 0 Å². The summed E-state index contributed by atoms with van der Waals surface area (Å²) in [7, 11) is 0. The van der Waals surface area contributed by atoms with Gasteiger partial charge in [0.15, 0.2) is 18.2 Å². The van der Waals surface area contributed by atoms with Gasteiger partial charge < -0.3 is 19.4 Å². The number of carbonyl (C=O) groups is 1. The normalized spacial score (nSPS) is 14.1. The zero-order valence-corrected chi connectivity index (χ0v) is 16.0. The van der Waals surface area contributed by atoms with Crippen LogP contribution in [0.25, 0.3) is 0 Å². The summed E-state index contributed by atoms with van der Waals surface area (Å²) < 4.78 is 5.56. The summed E-state index contributed by atoms with van der Waals surface area (Å²) in [6.07, 6.45) is 0. The lowest BCUT2D eigenvalue weighted by Gasteiger charge is -2.35. The molecule has 0 radical (unpaired) electrons. The predicted octanol–water partition coefficient (Wildman–Crippen LogP) is 2.05. The number of nitrogens with zero attached hydrogens (tertiary/aromatic N) is 5. The second-order valence-electron chi connectivity index (χ2n) is 6.39. The molecule has 27 heavy (non-hydrogen) atoms. The standard InChI is InChI=1S/C20H27N5O2/c1-3-23(4-2)18-10-11-19(22-21-18)24-12-14-25(15-13-24)20(26)16-27-17-8-6-5-7-9-17/h5-11H,3-4,12-16H2,1-2H3. The molecule has 0 saturated carbocycles. The SMILES string of the molecule is CCN(CC)c1ccc(N2CCN(C(=O)COc3ccccc3)CC2)nn1. The summed E-state index contributed by atoms with van der Waals surface area (Å²) in [5, 5.41) is 8.72. The lowest BCUT2D eigenvalue weighted by atomic mass is 10.3. The summed E-state index contributed by atoms with van der Waals surface area (Å²) in [6, 6.07) is 13.4. The maximum absolute atomic E-state index is 12.3. The van der Waals surface area contributed by atoms with E-state index in [-0.39, 0.29) is 12.5 Å². The van der Waals surface area contributed by atoms with Crippen LogP contribution in [0.3, 0.4) is 0 Å². The minimum atomic E-state index is 0.0152. The van der Waals surface area contributed by atoms with E-state index in [0.29, 0.717) is 18.8 Å². The minimum absolute atomic E-state index is 0.0152. The Morgan fingerprint density at radius 3 is 2.30 bits per heavy atom. The monoisotopic (exact) mass is 369 g/mol. The third kappa shape index (κ3) is 4.87. The van der Waals surface area contributed by atoms with Crippen molar-refractivity contribution in [2.45, 2.75) is 13.8 Å². The topological polar surface area (TPSA) is 61.8 Å². The Morgan fingerprint density at radius 1 is 1.00 bits per heavy atom. The average molecular weight is 369 g/mol. The Morgan fingerprint density at radius 2 is 1.70 bits per heavy atom. The summed E-state index contributed by atoms with van der Waals surface area (Å²) in [4.78, 5) is 18.5. The molecule has 1 fully saturated rings. The number of hydrogen-bond acceptors (Lipinski definition) is 6. The molecule has 1 amide bonds. The molecule has 3 rings (SSSR count). The highest BCUT2D eigenvalue weighted by atomic mass is 16.5. The molecular weight excluding hydrogens is 342 g/mol. The lowest BCUT2D eigenvalue weighted by Crippen LogP contribution is -2.50. The number of rotatable bonds is 7. The zero-order chi connectivity index (χ0) is 19.1. The summed E-state index contributed by atoms with van der Waals surface area (Å²) in [5.41, 5.74) is 0. The molecule has 2 heterocycles. The smallest absolute Gasteiger partial charge is 0.260 e. The highest BCUT2D eigenvalue weighted by molar-refractivity contribution is 5.78. The van der Waals surface area contributed by atoms with Gasteiger partial charge in [0.25, 0.3) is 5.91 Å². The van der Waals surface area contributed by atoms with E-state index in [2.05, 4.69) is 33.8 Å². The first-order valence-electron chi connectivity index (χ1n) is 9.50. The van der Waals surface area contributed by atoms with Gasteiger partial charge in [0.05, 0.1) is 0 Å². The Bertz CT molecular complexity index is 711. The van der Waals surface area contributed by atoms with Crippen LogP contribution >= 0.6 is 0 Å². The molecule has 1 aromatic carbocycles. The van der Waals surface area contributed by atoms with E-state index in [9.17, 15) is 4.79 Å². The first-order valence-corrected chi connectivity index (χ1v) is 9.50. The van der Waals surface area contributed by atoms with Gasteiger partial charge in [-0.05, 0) is 38.1 Å². The van der Waals surface area contributed by atoms with Gasteiger partial charge in [0.2, 0.25) is 0 Å². The fourth-order valence-electron chi connectivity index (χ4n) is 3.14. The van der Waals surface area contributed by atoms with Crippen LogP contribution in [0.15, 0.2) is 42.5 Å². The maximum Gasteiger partial charge on any atom is 0.260 e. The molecule has 0 aliphatic carbocycles. The Hall–Kier alpha value is -2.83. The highest BCUT2D eigenvalue weighted by Crippen LogP contribution is 2.17. The Balaban J connectivity index is 1.49. The van der Waals surface area contributed by atoms with Crippen LogP contribution in [0.1, 0.15) is 13.8 Å². The molecule has 7 nitrogen and oxygen atoms in total. The first kappa shape index (κ1) is 18.9. The largest absolute Gasteiger partial charge is 0.484 e. The summed E-state index contributed by atoms with van der Waals surface area (Å²) in [6.45, 7) is 8.93. The van der Waals surface area contributed by atoms with Crippen molar-refractivity contribution in [3.05, 3.63) is 42.5 Å². The van der Waals surface area contributed by atoms with Crippen LogP contribution in [-0.2, 0) is 4.79 Å². The summed E-state index contributed by atoms with van der Waals surface area (Å²) in [5.74, 6) is 2.49. The average Bonchev–Trinajstić information content (AvgIpc) is 2.74. The van der Waals surface area contributed by atoms with Gasteiger partial charge in [-0.15, -0.1) is 10.2 Å². The second-order valence-corrected chi connectivity index (χ2v) is 6.39. The molecule has 1 aliphatic heterocycles. The van der Waals surface area contributed by atoms with Crippen LogP contribution in [0, 0.1) is 0 Å². The maximum atomic E-state index is 12.3. The number of piperazine rings is 1. The van der Waals surface area contributed by atoms with Crippen molar-refractivity contribution in [1.29, 1.82) is 0 Å². The Kier molecular flexibility index (Phi) is 6.46. The van der Waals surface area contributed by atoms with Crippen molar-refractivity contribution in [2.24, 2.45) is 0 Å². The van der Waals surface area contributed by atoms with Gasteiger partial charge in [0, 0.05) is 39.3 Å². The quantitative estimate of drug-likeness (QED) is 0.744. The molecule has 1 aliphatic rings. The molecule has 0 unspecified atom stereocenters. The molecule has 0 atom stereocenters. The van der Waals surface area contributed by atoms with Gasteiger partial charge in [-0.3, -0.25) is 4.79 Å². The molecule has 144 valence electrons. The third-order valence-electron chi connectivity index (χ3n) is 4.79. The van der Waals surface area contributed by atoms with Crippen molar-refractivity contribution in [2.75, 3.05) is 55.7 Å². The number of para-hydroxylation sites is 1. The fraction of sp³-hybridized carbons (Fsp3) is 0.450. The third-order valence-corrected chi connectivity index (χ3v) is 4.79. The van der Waals surface area contributed by atoms with Crippen LogP contribution < -0.4 is 14.5 Å². The van der Waals surface area contributed by atoms with Crippen LogP contribution in [0.2, 0.25) is 0 Å². The number of carbonyl (C=O) groups excluding carboxylic acids is 1. The number of benzene rings is 1. The van der Waals surface area contributed by atoms with Gasteiger partial charge in [0.1, 0.15) is 5.75 Å². The van der Waals surface area contributed by atoms with Crippen molar-refractivity contribution < 1.29 is 9.53 Å². The number of hydrogen-bond donors (Lipinski definition) is 0. The Labute approximate surface area is 160 Å². The fourth-order valence-corrected chi connectivity index (χ4v) is 3.14. The van der Waals surface area contributed by atoms with Gasteiger partial charge in [-0.25, -0.2) is 0 Å². The zero-order valence-electron chi connectivity index (χ0n) is 16.0. The van der Waals surface area contributed by atoms with E-state index in [1.165, 1.54) is 0 Å². The number of anilines is 2. The van der Waals surface area contributed by atoms with E-state index >= 15 is 0 Å². The summed E-state index contributed by atoms with van der Waals surface area (Å²) >= 11 is 0. The van der Waals surface area contributed by atoms with Crippen LogP contribution in [0.4, 0.5) is 11.6 Å². The van der Waals surface area contributed by atoms with Crippen LogP contribution in [0.5, 0.6) is 5.75 Å². The predicted molar refractivity (Wildman–Crippen MR) is 106 cm³/mol. The van der Waals surface area contributed by atoms with Crippen LogP contribution in [-0.4, -0.2) is 66.9 Å². The number of aromatic nitrogens is 2. The molecule has 1 saturated heterocycles. The van der Waals surface area contributed by atoms with E-state index in [4.69, 9.17) is 4.74 Å². The first-order chi connectivity index (χ1) is 13.2. The van der Waals surface area contributed by atoms with Crippen molar-refractivity contribution >= 4 is 17.5 Å². The second kappa shape index (κ2) is 9.21. The van der Waals surface area contributed by atoms with E-state index in [1.54, 1.807) is 0 Å².